The number of hydrogen-bond acceptors (Lipinski definition) is 6. The van der Waals surface area contributed by atoms with Crippen molar-refractivity contribution in [1.82, 2.24) is 9.80 Å². The Balaban J connectivity index is 1.81. The molecule has 2 amide bonds. The van der Waals surface area contributed by atoms with Crippen molar-refractivity contribution in [1.29, 1.82) is 0 Å². The summed E-state index contributed by atoms with van der Waals surface area (Å²) in [6.07, 6.45) is 11.9. The fourth-order valence-electron chi connectivity index (χ4n) is 6.05. The van der Waals surface area contributed by atoms with Crippen molar-refractivity contribution in [2.75, 3.05) is 26.3 Å². The number of likely N-dealkylation sites (tertiary alicyclic amines) is 1. The van der Waals surface area contributed by atoms with Crippen LogP contribution < -0.4 is 0 Å². The lowest BCUT2D eigenvalue weighted by Gasteiger charge is -2.41. The van der Waals surface area contributed by atoms with E-state index in [1.54, 1.807) is 16.7 Å². The fraction of sp³-hybridized carbons (Fsp3) is 0.731. The first kappa shape index (κ1) is 25.3. The van der Waals surface area contributed by atoms with E-state index < -0.39 is 32.9 Å². The first-order valence-corrected chi connectivity index (χ1v) is 13.3. The molecule has 1 unspecified atom stereocenters. The van der Waals surface area contributed by atoms with Gasteiger partial charge in [0, 0.05) is 30.0 Å². The maximum absolute atomic E-state index is 14.1. The molecular weight excluding hydrogens is 452 g/mol. The zero-order chi connectivity index (χ0) is 24.7. The van der Waals surface area contributed by atoms with Gasteiger partial charge in [0.25, 0.3) is 0 Å². The molecule has 5 atom stereocenters. The zero-order valence-electron chi connectivity index (χ0n) is 20.8. The molecular formula is C26H38N2O5S. The van der Waals surface area contributed by atoms with Gasteiger partial charge < -0.3 is 19.6 Å². The summed E-state index contributed by atoms with van der Waals surface area (Å²) in [5.74, 6) is -1.83. The average Bonchev–Trinajstić information content (AvgIpc) is 3.09. The number of hydrogen-bond donors (Lipinski definition) is 1. The van der Waals surface area contributed by atoms with Crippen molar-refractivity contribution in [2.24, 2.45) is 11.8 Å². The standard InChI is InChI=1S/C26H38N2O5S/c1-24(2,3)28-15-11-13-26-18(19-23(32)33-17-10-5-7-12-25(19,4)34-26)21(30)27(20(26)22(28)31)14-8-6-9-16-29/h7,11-13,18-20,29H,5-6,8-10,14-17H2,1-4H3/b12-7-/t18-,19+,20?,25-,26-/m0/s1. The molecule has 0 radical (unpaired) electrons. The minimum absolute atomic E-state index is 0.0598. The van der Waals surface area contributed by atoms with Crippen molar-refractivity contribution in [2.45, 2.75) is 80.9 Å². The van der Waals surface area contributed by atoms with E-state index in [1.165, 1.54) is 0 Å². The lowest BCUT2D eigenvalue weighted by molar-refractivity contribution is -0.154. The number of carbonyl (C=O) groups is 3. The number of aliphatic hydroxyl groups is 1. The largest absolute Gasteiger partial charge is 0.465 e. The van der Waals surface area contributed by atoms with Gasteiger partial charge in [-0.05, 0) is 59.8 Å². The number of thioether (sulfide) groups is 1. The molecule has 0 aromatic rings. The van der Waals surface area contributed by atoms with Crippen LogP contribution in [0.2, 0.25) is 0 Å². The van der Waals surface area contributed by atoms with Crippen LogP contribution in [0.15, 0.2) is 24.3 Å². The van der Waals surface area contributed by atoms with Crippen LogP contribution in [0.1, 0.15) is 59.8 Å². The summed E-state index contributed by atoms with van der Waals surface area (Å²) in [4.78, 5) is 45.2. The van der Waals surface area contributed by atoms with E-state index in [-0.39, 0.29) is 24.4 Å². The Labute approximate surface area is 206 Å². The van der Waals surface area contributed by atoms with Crippen molar-refractivity contribution in [3.63, 3.8) is 0 Å². The predicted octanol–water partition coefficient (Wildman–Crippen LogP) is 2.93. The first-order valence-electron chi connectivity index (χ1n) is 12.5. The Morgan fingerprint density at radius 2 is 1.85 bits per heavy atom. The SMILES string of the molecule is CC(C)(C)N1CC=C[C@]23S[C@@]4(C)/C=C\CCCOC(=O)[C@H]4[C@H]2C(=O)N(CCCCCO)C3C1=O. The number of nitrogens with zero attached hydrogens (tertiary/aromatic N) is 2. The molecule has 4 aliphatic heterocycles. The summed E-state index contributed by atoms with van der Waals surface area (Å²) in [7, 11) is 0. The number of fused-ring (bicyclic) bond motifs is 2. The van der Waals surface area contributed by atoms with Crippen LogP contribution >= 0.6 is 11.8 Å². The van der Waals surface area contributed by atoms with Crippen LogP contribution in [0.25, 0.3) is 0 Å². The second-order valence-electron chi connectivity index (χ2n) is 11.0. The van der Waals surface area contributed by atoms with Crippen molar-refractivity contribution >= 4 is 29.5 Å². The molecule has 1 N–H and O–H groups in total. The third kappa shape index (κ3) is 4.11. The van der Waals surface area contributed by atoms with Crippen molar-refractivity contribution < 1.29 is 24.2 Å². The first-order chi connectivity index (χ1) is 16.1. The molecule has 188 valence electrons. The normalized spacial score (nSPS) is 36.7. The Kier molecular flexibility index (Phi) is 6.95. The number of allylic oxidation sites excluding steroid dienone is 1. The lowest BCUT2D eigenvalue weighted by Crippen LogP contribution is -2.57. The molecule has 1 spiro atoms. The molecule has 4 heterocycles. The molecule has 2 fully saturated rings. The van der Waals surface area contributed by atoms with Gasteiger partial charge in [0.1, 0.15) is 6.04 Å². The van der Waals surface area contributed by atoms with E-state index in [1.807, 2.05) is 44.7 Å². The summed E-state index contributed by atoms with van der Waals surface area (Å²) in [6, 6.07) is -0.671. The van der Waals surface area contributed by atoms with Crippen LogP contribution in [0.4, 0.5) is 0 Å². The molecule has 0 saturated carbocycles. The van der Waals surface area contributed by atoms with Gasteiger partial charge in [-0.25, -0.2) is 0 Å². The lowest BCUT2D eigenvalue weighted by atomic mass is 9.74. The van der Waals surface area contributed by atoms with Crippen LogP contribution in [0.5, 0.6) is 0 Å². The topological polar surface area (TPSA) is 87.2 Å². The highest BCUT2D eigenvalue weighted by Gasteiger charge is 2.74. The zero-order valence-corrected chi connectivity index (χ0v) is 21.6. The number of esters is 1. The molecule has 0 aliphatic carbocycles. The van der Waals surface area contributed by atoms with Gasteiger partial charge in [0.2, 0.25) is 11.8 Å². The summed E-state index contributed by atoms with van der Waals surface area (Å²) in [6.45, 7) is 9.41. The van der Waals surface area contributed by atoms with Crippen molar-refractivity contribution in [3.8, 4) is 0 Å². The number of carbonyl (C=O) groups excluding carboxylic acids is 3. The molecule has 7 nitrogen and oxygen atoms in total. The van der Waals surface area contributed by atoms with Gasteiger partial charge in [-0.2, -0.15) is 0 Å². The highest BCUT2D eigenvalue weighted by Crippen LogP contribution is 2.65. The maximum Gasteiger partial charge on any atom is 0.311 e. The van der Waals surface area contributed by atoms with E-state index >= 15 is 0 Å². The summed E-state index contributed by atoms with van der Waals surface area (Å²) >= 11 is 1.59. The summed E-state index contributed by atoms with van der Waals surface area (Å²) < 4.78 is 4.19. The van der Waals surface area contributed by atoms with Crippen molar-refractivity contribution in [3.05, 3.63) is 24.3 Å². The number of cyclic esters (lactones) is 1. The predicted molar refractivity (Wildman–Crippen MR) is 132 cm³/mol. The van der Waals surface area contributed by atoms with E-state index in [4.69, 9.17) is 4.74 Å². The Bertz CT molecular complexity index is 896. The monoisotopic (exact) mass is 490 g/mol. The average molecular weight is 491 g/mol. The number of ether oxygens (including phenoxy) is 1. The molecule has 4 aliphatic rings. The van der Waals surface area contributed by atoms with Gasteiger partial charge >= 0.3 is 5.97 Å². The van der Waals surface area contributed by atoms with Gasteiger partial charge in [-0.1, -0.05) is 24.3 Å². The molecule has 0 aromatic heterocycles. The van der Waals surface area contributed by atoms with Crippen LogP contribution in [0.3, 0.4) is 0 Å². The van der Waals surface area contributed by atoms with E-state index in [2.05, 4.69) is 12.2 Å². The minimum Gasteiger partial charge on any atom is -0.465 e. The molecule has 8 heteroatoms. The molecule has 0 aromatic carbocycles. The Morgan fingerprint density at radius 3 is 2.56 bits per heavy atom. The van der Waals surface area contributed by atoms with Crippen LogP contribution in [-0.2, 0) is 19.1 Å². The summed E-state index contributed by atoms with van der Waals surface area (Å²) in [5, 5.41) is 9.18. The third-order valence-electron chi connectivity index (χ3n) is 7.62. The smallest absolute Gasteiger partial charge is 0.311 e. The molecule has 34 heavy (non-hydrogen) atoms. The number of unbranched alkanes of at least 4 members (excludes halogenated alkanes) is 2. The van der Waals surface area contributed by atoms with E-state index in [0.717, 1.165) is 19.3 Å². The quantitative estimate of drug-likeness (QED) is 0.362. The number of amides is 2. The number of rotatable bonds is 5. The van der Waals surface area contributed by atoms with Crippen LogP contribution in [0, 0.1) is 11.8 Å². The maximum atomic E-state index is 14.1. The van der Waals surface area contributed by atoms with Gasteiger partial charge in [0.05, 0.1) is 23.2 Å². The highest BCUT2D eigenvalue weighted by molar-refractivity contribution is 8.02. The highest BCUT2D eigenvalue weighted by atomic mass is 32.2. The van der Waals surface area contributed by atoms with Crippen LogP contribution in [-0.4, -0.2) is 80.1 Å². The van der Waals surface area contributed by atoms with E-state index in [9.17, 15) is 19.5 Å². The number of aliphatic hydroxyl groups excluding tert-OH is 1. The van der Waals surface area contributed by atoms with Gasteiger partial charge in [0.15, 0.2) is 0 Å². The van der Waals surface area contributed by atoms with Gasteiger partial charge in [-0.15, -0.1) is 11.8 Å². The molecule has 2 saturated heterocycles. The minimum atomic E-state index is -0.826. The summed E-state index contributed by atoms with van der Waals surface area (Å²) in [5.41, 5.74) is -0.401. The molecule has 0 bridgehead atoms. The second-order valence-corrected chi connectivity index (χ2v) is 12.8. The molecule has 4 rings (SSSR count). The fourth-order valence-corrected chi connectivity index (χ4v) is 8.20. The van der Waals surface area contributed by atoms with E-state index in [0.29, 0.717) is 32.5 Å². The Morgan fingerprint density at radius 1 is 1.09 bits per heavy atom. The third-order valence-corrected chi connectivity index (χ3v) is 9.41. The Hall–Kier alpha value is -1.80. The second kappa shape index (κ2) is 9.34. The van der Waals surface area contributed by atoms with Gasteiger partial charge in [-0.3, -0.25) is 14.4 Å².